The molecule has 0 radical (unpaired) electrons. The Morgan fingerprint density at radius 1 is 1.21 bits per heavy atom. The highest BCUT2D eigenvalue weighted by Crippen LogP contribution is 2.30. The van der Waals surface area contributed by atoms with Gasteiger partial charge in [0.2, 0.25) is 0 Å². The summed E-state index contributed by atoms with van der Waals surface area (Å²) in [7, 11) is 1.39. The number of nitrogens with zero attached hydrogens (tertiary/aromatic N) is 1. The second-order valence-corrected chi connectivity index (χ2v) is 6.07. The van der Waals surface area contributed by atoms with Gasteiger partial charge in [-0.3, -0.25) is 9.59 Å². The van der Waals surface area contributed by atoms with Gasteiger partial charge < -0.3 is 9.64 Å². The van der Waals surface area contributed by atoms with E-state index in [9.17, 15) is 9.59 Å². The minimum atomic E-state index is -0.317. The molecule has 1 amide bonds. The first-order chi connectivity index (χ1) is 11.5. The van der Waals surface area contributed by atoms with Crippen LogP contribution < -0.4 is 4.90 Å². The van der Waals surface area contributed by atoms with Crippen molar-refractivity contribution in [3.63, 3.8) is 0 Å². The summed E-state index contributed by atoms with van der Waals surface area (Å²) in [4.78, 5) is 26.1. The molecule has 0 aliphatic carbocycles. The lowest BCUT2D eigenvalue weighted by Gasteiger charge is -2.17. The number of amides is 1. The van der Waals surface area contributed by atoms with Crippen molar-refractivity contribution in [3.8, 4) is 0 Å². The monoisotopic (exact) mass is 323 g/mol. The van der Waals surface area contributed by atoms with Crippen LogP contribution in [0.2, 0.25) is 0 Å². The number of carbonyl (C=O) groups is 2. The Morgan fingerprint density at radius 2 is 1.92 bits per heavy atom. The van der Waals surface area contributed by atoms with Gasteiger partial charge in [0.1, 0.15) is 0 Å². The number of fused-ring (bicyclic) bond motifs is 1. The van der Waals surface area contributed by atoms with E-state index in [2.05, 4.69) is 13.0 Å². The maximum absolute atomic E-state index is 12.7. The predicted molar refractivity (Wildman–Crippen MR) is 93.2 cm³/mol. The number of hydrogen-bond donors (Lipinski definition) is 0. The van der Waals surface area contributed by atoms with E-state index in [-0.39, 0.29) is 17.8 Å². The molecular formula is C20H21NO3. The molecule has 0 bridgehead atoms. The molecule has 0 saturated heterocycles. The smallest absolute Gasteiger partial charge is 0.312 e. The van der Waals surface area contributed by atoms with Crippen molar-refractivity contribution in [2.75, 3.05) is 12.0 Å². The molecule has 24 heavy (non-hydrogen) atoms. The van der Waals surface area contributed by atoms with Crippen LogP contribution in [0.1, 0.15) is 46.8 Å². The zero-order chi connectivity index (χ0) is 17.3. The van der Waals surface area contributed by atoms with Crippen LogP contribution in [0.25, 0.3) is 0 Å². The molecule has 0 N–H and O–H groups in total. The Labute approximate surface area is 142 Å². The minimum absolute atomic E-state index is 0.0362. The summed E-state index contributed by atoms with van der Waals surface area (Å²) in [6.07, 6.45) is 0.917. The summed E-state index contributed by atoms with van der Waals surface area (Å²) in [6.45, 7) is 4.48. The van der Waals surface area contributed by atoms with Crippen LogP contribution in [0.15, 0.2) is 42.5 Å². The number of hydrogen-bond acceptors (Lipinski definition) is 3. The molecule has 1 aliphatic rings. The summed E-state index contributed by atoms with van der Waals surface area (Å²) in [5.41, 5.74) is 4.75. The van der Waals surface area contributed by atoms with Gasteiger partial charge in [-0.25, -0.2) is 0 Å². The average molecular weight is 323 g/mol. The van der Waals surface area contributed by atoms with Gasteiger partial charge >= 0.3 is 5.97 Å². The van der Waals surface area contributed by atoms with E-state index in [1.54, 1.807) is 4.90 Å². The molecule has 0 fully saturated rings. The normalized spacial score (nSPS) is 14.5. The van der Waals surface area contributed by atoms with Crippen LogP contribution >= 0.6 is 0 Å². The van der Waals surface area contributed by atoms with E-state index in [0.29, 0.717) is 6.54 Å². The average Bonchev–Trinajstić information content (AvgIpc) is 2.96. The van der Waals surface area contributed by atoms with Gasteiger partial charge in [0.25, 0.3) is 5.91 Å². The molecule has 0 saturated carbocycles. The first kappa shape index (κ1) is 16.2. The molecule has 0 spiro atoms. The van der Waals surface area contributed by atoms with Crippen LogP contribution in [0, 0.1) is 0 Å². The fourth-order valence-electron chi connectivity index (χ4n) is 3.03. The molecule has 1 atom stereocenters. The van der Waals surface area contributed by atoms with E-state index < -0.39 is 0 Å². The van der Waals surface area contributed by atoms with Gasteiger partial charge in [-0.05, 0) is 48.2 Å². The van der Waals surface area contributed by atoms with Crippen molar-refractivity contribution in [2.45, 2.75) is 32.7 Å². The Kier molecular flexibility index (Phi) is 4.38. The summed E-state index contributed by atoms with van der Waals surface area (Å²) in [5, 5.41) is 0. The number of carbonyl (C=O) groups excluding carboxylic acids is 2. The molecule has 1 heterocycles. The van der Waals surface area contributed by atoms with Crippen LogP contribution in [0.3, 0.4) is 0 Å². The fourth-order valence-corrected chi connectivity index (χ4v) is 3.03. The van der Waals surface area contributed by atoms with E-state index in [1.165, 1.54) is 12.7 Å². The maximum Gasteiger partial charge on any atom is 0.312 e. The zero-order valence-corrected chi connectivity index (χ0v) is 14.2. The van der Waals surface area contributed by atoms with Crippen LogP contribution in [0.4, 0.5) is 5.69 Å². The highest BCUT2D eigenvalue weighted by molar-refractivity contribution is 6.10. The largest absolute Gasteiger partial charge is 0.469 e. The molecule has 0 aromatic heterocycles. The minimum Gasteiger partial charge on any atom is -0.469 e. The number of aryl methyl sites for hydroxylation is 1. The lowest BCUT2D eigenvalue weighted by molar-refractivity contribution is -0.141. The lowest BCUT2D eigenvalue weighted by Crippen LogP contribution is -2.23. The first-order valence-electron chi connectivity index (χ1n) is 8.16. The number of esters is 1. The van der Waals surface area contributed by atoms with Crippen molar-refractivity contribution >= 4 is 17.6 Å². The van der Waals surface area contributed by atoms with Gasteiger partial charge in [-0.1, -0.05) is 31.2 Å². The molecule has 4 heteroatoms. The van der Waals surface area contributed by atoms with E-state index in [1.807, 2.05) is 43.3 Å². The standard InChI is InChI=1S/C20H21NO3/c1-4-14-5-6-16-12-21(19(22)18(16)11-14)17-9-7-15(8-10-17)13(2)20(23)24-3/h5-11,13H,4,12H2,1-3H3. The molecule has 124 valence electrons. The number of rotatable bonds is 4. The number of anilines is 1. The summed E-state index contributed by atoms with van der Waals surface area (Å²) in [6, 6.07) is 13.6. The van der Waals surface area contributed by atoms with Gasteiger partial charge in [0.15, 0.2) is 0 Å². The third-order valence-electron chi connectivity index (χ3n) is 4.65. The lowest BCUT2D eigenvalue weighted by atomic mass is 10.0. The van der Waals surface area contributed by atoms with Crippen LogP contribution in [-0.2, 0) is 22.5 Å². The van der Waals surface area contributed by atoms with Crippen molar-refractivity contribution < 1.29 is 14.3 Å². The van der Waals surface area contributed by atoms with E-state index >= 15 is 0 Å². The topological polar surface area (TPSA) is 46.6 Å². The molecule has 2 aromatic rings. The second-order valence-electron chi connectivity index (χ2n) is 6.07. The summed E-state index contributed by atoms with van der Waals surface area (Å²) >= 11 is 0. The highest BCUT2D eigenvalue weighted by Gasteiger charge is 2.28. The van der Waals surface area contributed by atoms with Crippen molar-refractivity contribution in [2.24, 2.45) is 0 Å². The molecule has 1 aliphatic heterocycles. The molecule has 1 unspecified atom stereocenters. The third-order valence-corrected chi connectivity index (χ3v) is 4.65. The van der Waals surface area contributed by atoms with Crippen LogP contribution in [-0.4, -0.2) is 19.0 Å². The van der Waals surface area contributed by atoms with Gasteiger partial charge in [-0.15, -0.1) is 0 Å². The molecule has 2 aromatic carbocycles. The fraction of sp³-hybridized carbons (Fsp3) is 0.300. The van der Waals surface area contributed by atoms with Crippen LogP contribution in [0.5, 0.6) is 0 Å². The van der Waals surface area contributed by atoms with Gasteiger partial charge in [0.05, 0.1) is 19.6 Å². The maximum atomic E-state index is 12.7. The SMILES string of the molecule is CCc1ccc2c(c1)C(=O)N(c1ccc(C(C)C(=O)OC)cc1)C2. The Bertz CT molecular complexity index is 780. The summed E-state index contributed by atoms with van der Waals surface area (Å²) in [5.74, 6) is -0.545. The molecule has 3 rings (SSSR count). The highest BCUT2D eigenvalue weighted by atomic mass is 16.5. The van der Waals surface area contributed by atoms with Gasteiger partial charge in [0, 0.05) is 11.3 Å². The van der Waals surface area contributed by atoms with Gasteiger partial charge in [-0.2, -0.15) is 0 Å². The van der Waals surface area contributed by atoms with E-state index in [4.69, 9.17) is 4.74 Å². The van der Waals surface area contributed by atoms with Crippen molar-refractivity contribution in [1.82, 2.24) is 0 Å². The van der Waals surface area contributed by atoms with E-state index in [0.717, 1.165) is 28.8 Å². The molecule has 4 nitrogen and oxygen atoms in total. The summed E-state index contributed by atoms with van der Waals surface area (Å²) < 4.78 is 4.77. The number of benzene rings is 2. The Morgan fingerprint density at radius 3 is 2.54 bits per heavy atom. The number of ether oxygens (including phenoxy) is 1. The first-order valence-corrected chi connectivity index (χ1v) is 8.16. The second kappa shape index (κ2) is 6.48. The number of methoxy groups -OCH3 is 1. The Balaban J connectivity index is 1.83. The molecular weight excluding hydrogens is 302 g/mol. The zero-order valence-electron chi connectivity index (χ0n) is 14.2. The van der Waals surface area contributed by atoms with Crippen molar-refractivity contribution in [3.05, 3.63) is 64.7 Å². The quantitative estimate of drug-likeness (QED) is 0.806. The van der Waals surface area contributed by atoms with Crippen molar-refractivity contribution in [1.29, 1.82) is 0 Å². The third kappa shape index (κ3) is 2.80. The Hall–Kier alpha value is -2.62. The predicted octanol–water partition coefficient (Wildman–Crippen LogP) is 3.69.